The number of furan rings is 1. The van der Waals surface area contributed by atoms with Crippen LogP contribution >= 0.6 is 0 Å². The summed E-state index contributed by atoms with van der Waals surface area (Å²) in [5.74, 6) is 1.72. The van der Waals surface area contributed by atoms with Crippen molar-refractivity contribution in [3.8, 4) is 50.7 Å². The van der Waals surface area contributed by atoms with Gasteiger partial charge in [-0.05, 0) is 64.7 Å². The summed E-state index contributed by atoms with van der Waals surface area (Å²) in [6.07, 6.45) is 7.82. The largest absolute Gasteiger partial charge is 0.456 e. The molecule has 0 aliphatic heterocycles. The third kappa shape index (κ3) is 6.59. The maximum Gasteiger partial charge on any atom is 0.164 e. The fourth-order valence-electron chi connectivity index (χ4n) is 8.57. The van der Waals surface area contributed by atoms with Crippen LogP contribution in [-0.2, 0) is 0 Å². The molecule has 0 spiro atoms. The van der Waals surface area contributed by atoms with E-state index in [0.717, 1.165) is 93.9 Å². The smallest absolute Gasteiger partial charge is 0.164 e. The maximum absolute atomic E-state index is 6.45. The van der Waals surface area contributed by atoms with Crippen molar-refractivity contribution < 1.29 is 4.42 Å². The number of hydrogen-bond donors (Lipinski definition) is 0. The van der Waals surface area contributed by atoms with E-state index in [4.69, 9.17) is 19.4 Å². The highest BCUT2D eigenvalue weighted by molar-refractivity contribution is 6.17. The molecule has 0 saturated heterocycles. The molecule has 62 heavy (non-hydrogen) atoms. The Kier molecular flexibility index (Phi) is 9.25. The van der Waals surface area contributed by atoms with E-state index >= 15 is 0 Å². The summed E-state index contributed by atoms with van der Waals surface area (Å²) < 4.78 is 8.89. The van der Waals surface area contributed by atoms with Crippen LogP contribution in [0.4, 0.5) is 0 Å². The van der Waals surface area contributed by atoms with Crippen molar-refractivity contribution in [1.82, 2.24) is 19.5 Å². The molecule has 3 aromatic heterocycles. The molecule has 5 nitrogen and oxygen atoms in total. The first-order chi connectivity index (χ1) is 30.7. The Morgan fingerprint density at radius 2 is 1.03 bits per heavy atom. The first kappa shape index (κ1) is 36.7. The van der Waals surface area contributed by atoms with Gasteiger partial charge in [0.25, 0.3) is 0 Å². The van der Waals surface area contributed by atoms with Crippen LogP contribution in [0, 0.1) is 0 Å². The van der Waals surface area contributed by atoms with Crippen molar-refractivity contribution in [2.24, 2.45) is 0 Å². The van der Waals surface area contributed by atoms with Crippen molar-refractivity contribution >= 4 is 55.4 Å². The number of fused-ring (bicyclic) bond motifs is 6. The molecule has 0 unspecified atom stereocenters. The SMILES string of the molecule is C=C/C(=C\C=C\c1nc(-c2ccccc2)nc(-c2cc(-c3ccccc3)c(-n3c4ccccc4c4cc5oc6ccccc6c5cc43)c(-c3ccccc3)c2)n1)c1ccccc1. The zero-order chi connectivity index (χ0) is 41.4. The minimum atomic E-state index is 0.548. The fraction of sp³-hybridized carbons (Fsp3) is 0. The van der Waals surface area contributed by atoms with Crippen LogP contribution in [0.1, 0.15) is 11.4 Å². The van der Waals surface area contributed by atoms with Gasteiger partial charge in [-0.3, -0.25) is 0 Å². The highest BCUT2D eigenvalue weighted by Crippen LogP contribution is 2.45. The molecule has 0 aliphatic rings. The van der Waals surface area contributed by atoms with Crippen molar-refractivity contribution in [1.29, 1.82) is 0 Å². The van der Waals surface area contributed by atoms with Crippen molar-refractivity contribution in [2.45, 2.75) is 0 Å². The van der Waals surface area contributed by atoms with E-state index in [-0.39, 0.29) is 0 Å². The summed E-state index contributed by atoms with van der Waals surface area (Å²) in [4.78, 5) is 15.3. The first-order valence-electron chi connectivity index (χ1n) is 20.7. The molecule has 5 heteroatoms. The van der Waals surface area contributed by atoms with Gasteiger partial charge in [-0.1, -0.05) is 183 Å². The van der Waals surface area contributed by atoms with E-state index < -0.39 is 0 Å². The van der Waals surface area contributed by atoms with Gasteiger partial charge in [-0.2, -0.15) is 0 Å². The summed E-state index contributed by atoms with van der Waals surface area (Å²) in [5, 5.41) is 4.44. The van der Waals surface area contributed by atoms with Crippen LogP contribution in [0.25, 0.3) is 106 Å². The summed E-state index contributed by atoms with van der Waals surface area (Å²) in [7, 11) is 0. The first-order valence-corrected chi connectivity index (χ1v) is 20.7. The Bertz CT molecular complexity index is 3450. The molecule has 11 rings (SSSR count). The van der Waals surface area contributed by atoms with Crippen LogP contribution in [-0.4, -0.2) is 19.5 Å². The quantitative estimate of drug-likeness (QED) is 0.137. The molecular weight excluding hydrogens is 757 g/mol. The van der Waals surface area contributed by atoms with Gasteiger partial charge < -0.3 is 8.98 Å². The molecule has 0 aliphatic carbocycles. The van der Waals surface area contributed by atoms with Gasteiger partial charge in [0, 0.05) is 43.8 Å². The van der Waals surface area contributed by atoms with E-state index in [9.17, 15) is 0 Å². The second-order valence-corrected chi connectivity index (χ2v) is 15.2. The Morgan fingerprint density at radius 1 is 0.468 bits per heavy atom. The molecule has 0 atom stereocenters. The minimum Gasteiger partial charge on any atom is -0.456 e. The lowest BCUT2D eigenvalue weighted by Crippen LogP contribution is -2.04. The normalized spacial score (nSPS) is 12.0. The Balaban J connectivity index is 1.19. The average Bonchev–Trinajstić information content (AvgIpc) is 3.87. The van der Waals surface area contributed by atoms with Crippen LogP contribution in [0.15, 0.2) is 223 Å². The summed E-state index contributed by atoms with van der Waals surface area (Å²) >= 11 is 0. The van der Waals surface area contributed by atoms with Crippen LogP contribution < -0.4 is 0 Å². The highest BCUT2D eigenvalue weighted by Gasteiger charge is 2.24. The third-order valence-corrected chi connectivity index (χ3v) is 11.5. The predicted octanol–water partition coefficient (Wildman–Crippen LogP) is 14.8. The molecule has 11 aromatic rings. The van der Waals surface area contributed by atoms with Crippen molar-refractivity contribution in [2.75, 3.05) is 0 Å². The second kappa shape index (κ2) is 15.6. The van der Waals surface area contributed by atoms with E-state index in [1.807, 2.05) is 85.0 Å². The van der Waals surface area contributed by atoms with Gasteiger partial charge >= 0.3 is 0 Å². The molecule has 0 N–H and O–H groups in total. The lowest BCUT2D eigenvalue weighted by molar-refractivity contribution is 0.669. The number of allylic oxidation sites excluding steroid dienone is 4. The predicted molar refractivity (Wildman–Crippen MR) is 257 cm³/mol. The topological polar surface area (TPSA) is 56.7 Å². The molecular formula is C57H38N4O. The molecule has 0 saturated carbocycles. The molecule has 0 radical (unpaired) electrons. The van der Waals surface area contributed by atoms with Gasteiger partial charge in [-0.25, -0.2) is 15.0 Å². The zero-order valence-electron chi connectivity index (χ0n) is 33.7. The van der Waals surface area contributed by atoms with E-state index in [1.165, 1.54) is 0 Å². The fourth-order valence-corrected chi connectivity index (χ4v) is 8.57. The number of aromatic nitrogens is 4. The van der Waals surface area contributed by atoms with Crippen LogP contribution in [0.3, 0.4) is 0 Å². The summed E-state index contributed by atoms with van der Waals surface area (Å²) in [6, 6.07) is 67.5. The lowest BCUT2D eigenvalue weighted by atomic mass is 9.92. The Hall–Kier alpha value is -8.41. The third-order valence-electron chi connectivity index (χ3n) is 11.5. The molecule has 3 heterocycles. The summed E-state index contributed by atoms with van der Waals surface area (Å²) in [5.41, 5.74) is 13.1. The lowest BCUT2D eigenvalue weighted by Gasteiger charge is -2.21. The molecule has 0 amide bonds. The van der Waals surface area contributed by atoms with E-state index in [2.05, 4.69) is 145 Å². The maximum atomic E-state index is 6.45. The molecule has 292 valence electrons. The van der Waals surface area contributed by atoms with Gasteiger partial charge in [0.2, 0.25) is 0 Å². The van der Waals surface area contributed by atoms with Gasteiger partial charge in [-0.15, -0.1) is 0 Å². The molecule has 0 fully saturated rings. The number of nitrogens with zero attached hydrogens (tertiary/aromatic N) is 4. The number of para-hydroxylation sites is 2. The van der Waals surface area contributed by atoms with Gasteiger partial charge in [0.15, 0.2) is 17.5 Å². The van der Waals surface area contributed by atoms with Crippen LogP contribution in [0.2, 0.25) is 0 Å². The molecule has 0 bridgehead atoms. The standard InChI is InChI=1S/C57H38N4O/c1-2-38(39-20-7-3-8-21-39)28-19-33-54-58-56(42-26-13-6-14-27-42)60-57(59-54)43-34-46(40-22-9-4-10-23-40)55(47(35-43)41-24-11-5-12-25-41)61-50-31-17-15-29-44(50)48-37-53-49(36-51(48)61)45-30-16-18-32-52(45)62-53/h2-37H,1H2/b33-19+,38-28+. The average molecular weight is 795 g/mol. The minimum absolute atomic E-state index is 0.548. The Morgan fingerprint density at radius 3 is 1.69 bits per heavy atom. The number of rotatable bonds is 9. The van der Waals surface area contributed by atoms with Crippen LogP contribution in [0.5, 0.6) is 0 Å². The summed E-state index contributed by atoms with van der Waals surface area (Å²) in [6.45, 7) is 4.07. The van der Waals surface area contributed by atoms with E-state index in [1.54, 1.807) is 0 Å². The zero-order valence-corrected chi connectivity index (χ0v) is 33.7. The Labute approximate surface area is 358 Å². The van der Waals surface area contributed by atoms with Crippen molar-refractivity contribution in [3.05, 3.63) is 230 Å². The number of benzene rings is 8. The monoisotopic (exact) mass is 794 g/mol. The van der Waals surface area contributed by atoms with Gasteiger partial charge in [0.05, 0.1) is 16.7 Å². The highest BCUT2D eigenvalue weighted by atomic mass is 16.3. The van der Waals surface area contributed by atoms with Crippen molar-refractivity contribution in [3.63, 3.8) is 0 Å². The molecule has 8 aromatic carbocycles. The number of hydrogen-bond acceptors (Lipinski definition) is 4. The van der Waals surface area contributed by atoms with E-state index in [0.29, 0.717) is 17.5 Å². The second-order valence-electron chi connectivity index (χ2n) is 15.2. The van der Waals surface area contributed by atoms with Gasteiger partial charge in [0.1, 0.15) is 11.2 Å².